The average molecular weight is 433 g/mol. The maximum Gasteiger partial charge on any atom is 0.282 e. The third-order valence-corrected chi connectivity index (χ3v) is 6.00. The van der Waals surface area contributed by atoms with Crippen LogP contribution in [0.1, 0.15) is 25.3 Å². The Hall–Kier alpha value is -2.37. The molecule has 2 heterocycles. The van der Waals surface area contributed by atoms with Crippen LogP contribution in [0.5, 0.6) is 0 Å². The Balaban J connectivity index is 1.86. The van der Waals surface area contributed by atoms with Gasteiger partial charge in [0, 0.05) is 23.7 Å². The molecule has 0 unspecified atom stereocenters. The number of piperidine rings is 1. The predicted octanol–water partition coefficient (Wildman–Crippen LogP) is 5.15. The van der Waals surface area contributed by atoms with Crippen LogP contribution in [0.25, 0.3) is 5.57 Å². The molecule has 4 rings (SSSR count). The molecule has 2 amide bonds. The number of likely N-dealkylation sites (tertiary alicyclic amines) is 1. The molecule has 29 heavy (non-hydrogen) atoms. The van der Waals surface area contributed by atoms with Crippen molar-refractivity contribution in [2.75, 3.05) is 18.0 Å². The summed E-state index contributed by atoms with van der Waals surface area (Å²) >= 11 is 12.4. The van der Waals surface area contributed by atoms with Crippen molar-refractivity contribution in [2.24, 2.45) is 5.92 Å². The first kappa shape index (κ1) is 19.9. The fourth-order valence-corrected chi connectivity index (χ4v) is 4.33. The third-order valence-electron chi connectivity index (χ3n) is 5.45. The zero-order chi connectivity index (χ0) is 20.7. The first-order chi connectivity index (χ1) is 13.9. The van der Waals surface area contributed by atoms with Crippen molar-refractivity contribution in [2.45, 2.75) is 19.8 Å². The zero-order valence-electron chi connectivity index (χ0n) is 15.8. The number of anilines is 1. The van der Waals surface area contributed by atoms with E-state index in [1.54, 1.807) is 18.2 Å². The fraction of sp³-hybridized carbons (Fsp3) is 0.273. The minimum Gasteiger partial charge on any atom is -0.366 e. The fourth-order valence-electron chi connectivity index (χ4n) is 3.83. The van der Waals surface area contributed by atoms with Crippen LogP contribution in [-0.2, 0) is 9.59 Å². The highest BCUT2D eigenvalue weighted by molar-refractivity contribution is 6.47. The van der Waals surface area contributed by atoms with Gasteiger partial charge in [-0.3, -0.25) is 9.59 Å². The van der Waals surface area contributed by atoms with Crippen molar-refractivity contribution in [1.82, 2.24) is 4.90 Å². The quantitative estimate of drug-likeness (QED) is 0.629. The minimum absolute atomic E-state index is 0.0644. The molecule has 7 heteroatoms. The summed E-state index contributed by atoms with van der Waals surface area (Å²) in [5, 5.41) is 0.697. The Labute approximate surface area is 178 Å². The van der Waals surface area contributed by atoms with Gasteiger partial charge in [0.15, 0.2) is 0 Å². The number of hydrogen-bond donors (Lipinski definition) is 0. The molecule has 0 bridgehead atoms. The van der Waals surface area contributed by atoms with Crippen molar-refractivity contribution in [1.29, 1.82) is 0 Å². The monoisotopic (exact) mass is 432 g/mol. The number of rotatable bonds is 3. The summed E-state index contributed by atoms with van der Waals surface area (Å²) in [4.78, 5) is 29.6. The molecule has 0 aromatic heterocycles. The van der Waals surface area contributed by atoms with Gasteiger partial charge in [0.1, 0.15) is 11.5 Å². The number of carbonyl (C=O) groups excluding carboxylic acids is 2. The van der Waals surface area contributed by atoms with Gasteiger partial charge in [-0.25, -0.2) is 9.29 Å². The number of hydrogen-bond acceptors (Lipinski definition) is 3. The van der Waals surface area contributed by atoms with Gasteiger partial charge in [-0.1, -0.05) is 48.3 Å². The second-order valence-electron chi connectivity index (χ2n) is 7.41. The summed E-state index contributed by atoms with van der Waals surface area (Å²) < 4.78 is 14.4. The van der Waals surface area contributed by atoms with E-state index in [9.17, 15) is 14.0 Å². The molecule has 4 nitrogen and oxygen atoms in total. The van der Waals surface area contributed by atoms with Gasteiger partial charge in [0.25, 0.3) is 11.8 Å². The maximum absolute atomic E-state index is 14.4. The molecule has 2 aromatic rings. The van der Waals surface area contributed by atoms with E-state index in [0.29, 0.717) is 29.6 Å². The maximum atomic E-state index is 14.4. The largest absolute Gasteiger partial charge is 0.366 e. The Morgan fingerprint density at radius 1 is 1.00 bits per heavy atom. The number of para-hydroxylation sites is 1. The number of amides is 2. The molecule has 0 spiro atoms. The number of halogens is 3. The van der Waals surface area contributed by atoms with E-state index >= 15 is 0 Å². The smallest absolute Gasteiger partial charge is 0.282 e. The molecule has 1 fully saturated rings. The number of carbonyl (C=O) groups is 2. The SMILES string of the molecule is CC1CCN(C2=C(c3ccc(Cl)cc3Cl)C(=O)N(c3ccccc3F)C2=O)CC1. The summed E-state index contributed by atoms with van der Waals surface area (Å²) in [6.45, 7) is 3.46. The van der Waals surface area contributed by atoms with E-state index in [-0.39, 0.29) is 22.0 Å². The Morgan fingerprint density at radius 3 is 2.34 bits per heavy atom. The molecule has 0 radical (unpaired) electrons. The van der Waals surface area contributed by atoms with Crippen LogP contribution in [0.4, 0.5) is 10.1 Å². The van der Waals surface area contributed by atoms with Gasteiger partial charge < -0.3 is 4.90 Å². The second-order valence-corrected chi connectivity index (χ2v) is 8.26. The highest BCUT2D eigenvalue weighted by Crippen LogP contribution is 2.39. The van der Waals surface area contributed by atoms with Crippen molar-refractivity contribution in [3.05, 3.63) is 69.6 Å². The first-order valence-electron chi connectivity index (χ1n) is 9.46. The van der Waals surface area contributed by atoms with Gasteiger partial charge in [-0.15, -0.1) is 0 Å². The molecule has 2 aliphatic heterocycles. The van der Waals surface area contributed by atoms with Crippen LogP contribution in [0.2, 0.25) is 10.0 Å². The Morgan fingerprint density at radius 2 is 1.69 bits per heavy atom. The molecule has 0 N–H and O–H groups in total. The van der Waals surface area contributed by atoms with E-state index < -0.39 is 17.6 Å². The predicted molar refractivity (Wildman–Crippen MR) is 112 cm³/mol. The first-order valence-corrected chi connectivity index (χ1v) is 10.2. The number of imide groups is 1. The van der Waals surface area contributed by atoms with Gasteiger partial charge in [0.05, 0.1) is 16.3 Å². The van der Waals surface area contributed by atoms with E-state index in [4.69, 9.17) is 23.2 Å². The molecule has 0 atom stereocenters. The lowest BCUT2D eigenvalue weighted by Gasteiger charge is -2.32. The Bertz CT molecular complexity index is 1030. The molecular formula is C22H19Cl2FN2O2. The van der Waals surface area contributed by atoms with Crippen LogP contribution >= 0.6 is 23.2 Å². The summed E-state index contributed by atoms with van der Waals surface area (Å²) in [6.07, 6.45) is 1.82. The van der Waals surface area contributed by atoms with E-state index in [0.717, 1.165) is 17.7 Å². The highest BCUT2D eigenvalue weighted by Gasteiger charge is 2.44. The van der Waals surface area contributed by atoms with E-state index in [1.807, 2.05) is 4.90 Å². The van der Waals surface area contributed by atoms with Crippen molar-refractivity contribution >= 4 is 46.3 Å². The van der Waals surface area contributed by atoms with Crippen molar-refractivity contribution in [3.63, 3.8) is 0 Å². The third kappa shape index (κ3) is 3.53. The molecule has 2 aromatic carbocycles. The van der Waals surface area contributed by atoms with Crippen molar-refractivity contribution in [3.8, 4) is 0 Å². The Kier molecular flexibility index (Phi) is 5.36. The van der Waals surface area contributed by atoms with Crippen LogP contribution < -0.4 is 4.90 Å². The molecular weight excluding hydrogens is 414 g/mol. The highest BCUT2D eigenvalue weighted by atomic mass is 35.5. The molecule has 0 aliphatic carbocycles. The van der Waals surface area contributed by atoms with E-state index in [2.05, 4.69) is 6.92 Å². The minimum atomic E-state index is -0.635. The van der Waals surface area contributed by atoms with Gasteiger partial charge >= 0.3 is 0 Å². The standard InChI is InChI=1S/C22H19Cl2FN2O2/c1-13-8-10-26(11-9-13)20-19(15-7-6-14(23)12-16(15)24)21(28)27(22(20)29)18-5-3-2-4-17(18)25/h2-7,12-13H,8-11H2,1H3. The molecule has 1 saturated heterocycles. The van der Waals surface area contributed by atoms with Gasteiger partial charge in [0.2, 0.25) is 0 Å². The lowest BCUT2D eigenvalue weighted by atomic mass is 9.97. The zero-order valence-corrected chi connectivity index (χ0v) is 17.3. The average Bonchev–Trinajstić information content (AvgIpc) is 2.94. The number of benzene rings is 2. The van der Waals surface area contributed by atoms with Crippen LogP contribution in [-0.4, -0.2) is 29.8 Å². The lowest BCUT2D eigenvalue weighted by Crippen LogP contribution is -2.38. The van der Waals surface area contributed by atoms with Crippen LogP contribution in [0.15, 0.2) is 48.2 Å². The van der Waals surface area contributed by atoms with Crippen LogP contribution in [0.3, 0.4) is 0 Å². The summed E-state index contributed by atoms with van der Waals surface area (Å²) in [7, 11) is 0. The van der Waals surface area contributed by atoms with Gasteiger partial charge in [-0.05, 0) is 43.0 Å². The van der Waals surface area contributed by atoms with Crippen molar-refractivity contribution < 1.29 is 14.0 Å². The van der Waals surface area contributed by atoms with Gasteiger partial charge in [-0.2, -0.15) is 0 Å². The summed E-state index contributed by atoms with van der Waals surface area (Å²) in [6, 6.07) is 10.5. The van der Waals surface area contributed by atoms with Crippen LogP contribution in [0, 0.1) is 11.7 Å². The second kappa shape index (κ2) is 7.81. The molecule has 150 valence electrons. The number of nitrogens with zero attached hydrogens (tertiary/aromatic N) is 2. The molecule has 0 saturated carbocycles. The molecule has 2 aliphatic rings. The van der Waals surface area contributed by atoms with E-state index in [1.165, 1.54) is 24.3 Å². The normalized spacial score (nSPS) is 18.2. The lowest BCUT2D eigenvalue weighted by molar-refractivity contribution is -0.120. The topological polar surface area (TPSA) is 40.6 Å². The summed E-state index contributed by atoms with van der Waals surface area (Å²) in [5.41, 5.74) is 0.816. The summed E-state index contributed by atoms with van der Waals surface area (Å²) in [5.74, 6) is -1.21.